The van der Waals surface area contributed by atoms with Crippen molar-refractivity contribution in [2.75, 3.05) is 6.54 Å². The molecule has 1 N–H and O–H groups in total. The van der Waals surface area contributed by atoms with Gasteiger partial charge in [-0.2, -0.15) is 5.26 Å². The van der Waals surface area contributed by atoms with Crippen molar-refractivity contribution in [3.63, 3.8) is 0 Å². The predicted octanol–water partition coefficient (Wildman–Crippen LogP) is 1.93. The summed E-state index contributed by atoms with van der Waals surface area (Å²) in [5.74, 6) is 0.426. The first-order valence-corrected chi connectivity index (χ1v) is 4.77. The Labute approximate surface area is 88.8 Å². The molecule has 0 atom stereocenters. The highest BCUT2D eigenvalue weighted by atomic mass is 15.2. The highest BCUT2D eigenvalue weighted by Gasteiger charge is 2.17. The lowest BCUT2D eigenvalue weighted by atomic mass is 10.2. The van der Waals surface area contributed by atoms with Crippen molar-refractivity contribution < 1.29 is 0 Å². The number of nitrogens with one attached hydrogen (secondary N) is 1. The Morgan fingerprint density at radius 1 is 1.33 bits per heavy atom. The van der Waals surface area contributed by atoms with E-state index < -0.39 is 0 Å². The van der Waals surface area contributed by atoms with E-state index in [1.807, 2.05) is 35.2 Å². The topological polar surface area (TPSA) is 50.9 Å². The number of benzene rings is 1. The van der Waals surface area contributed by atoms with E-state index in [4.69, 9.17) is 10.7 Å². The van der Waals surface area contributed by atoms with Gasteiger partial charge in [0, 0.05) is 6.54 Å². The maximum Gasteiger partial charge on any atom is 0.122 e. The van der Waals surface area contributed by atoms with Crippen LogP contribution in [-0.2, 0) is 6.54 Å². The zero-order valence-electron chi connectivity index (χ0n) is 8.27. The Balaban J connectivity index is 2.05. The molecule has 74 valence electrons. The Kier molecular flexibility index (Phi) is 2.51. The summed E-state index contributed by atoms with van der Waals surface area (Å²) in [4.78, 5) is 1.88. The highest BCUT2D eigenvalue weighted by molar-refractivity contribution is 5.94. The van der Waals surface area contributed by atoms with E-state index in [0.717, 1.165) is 5.56 Å². The molecule has 0 saturated carbocycles. The molecule has 1 aliphatic heterocycles. The molecule has 3 heteroatoms. The van der Waals surface area contributed by atoms with Crippen LogP contribution in [0.4, 0.5) is 0 Å². The third-order valence-electron chi connectivity index (χ3n) is 2.37. The van der Waals surface area contributed by atoms with E-state index in [1.165, 1.54) is 0 Å². The van der Waals surface area contributed by atoms with Crippen molar-refractivity contribution in [3.05, 3.63) is 47.5 Å². The Hall–Kier alpha value is -2.08. The van der Waals surface area contributed by atoms with Gasteiger partial charge in [0.05, 0.1) is 18.2 Å². The highest BCUT2D eigenvalue weighted by Crippen LogP contribution is 2.13. The van der Waals surface area contributed by atoms with Crippen molar-refractivity contribution in [1.29, 1.82) is 10.7 Å². The smallest absolute Gasteiger partial charge is 0.122 e. The quantitative estimate of drug-likeness (QED) is 0.787. The second-order valence-corrected chi connectivity index (χ2v) is 3.51. The van der Waals surface area contributed by atoms with Crippen LogP contribution in [-0.4, -0.2) is 17.3 Å². The molecule has 0 fully saturated rings. The maximum absolute atomic E-state index is 8.73. The molecule has 2 rings (SSSR count). The summed E-state index contributed by atoms with van der Waals surface area (Å²) in [6, 6.07) is 12.1. The normalized spacial score (nSPS) is 15.0. The van der Waals surface area contributed by atoms with E-state index in [0.29, 0.717) is 24.5 Å². The van der Waals surface area contributed by atoms with Gasteiger partial charge in [0.2, 0.25) is 0 Å². The fourth-order valence-corrected chi connectivity index (χ4v) is 1.61. The summed E-state index contributed by atoms with van der Waals surface area (Å²) in [5, 5.41) is 16.4. The number of nitriles is 1. The minimum Gasteiger partial charge on any atom is -0.348 e. The van der Waals surface area contributed by atoms with Crippen LogP contribution in [0.15, 0.2) is 42.0 Å². The van der Waals surface area contributed by atoms with E-state index in [9.17, 15) is 0 Å². The van der Waals surface area contributed by atoms with Gasteiger partial charge in [0.1, 0.15) is 5.84 Å². The van der Waals surface area contributed by atoms with E-state index >= 15 is 0 Å². The first-order chi connectivity index (χ1) is 7.29. The van der Waals surface area contributed by atoms with Gasteiger partial charge in [-0.1, -0.05) is 30.3 Å². The third kappa shape index (κ3) is 2.05. The number of hydrogen-bond acceptors (Lipinski definition) is 2. The van der Waals surface area contributed by atoms with Gasteiger partial charge in [-0.05, 0) is 11.6 Å². The summed E-state index contributed by atoms with van der Waals surface area (Å²) in [6.45, 7) is 1.26. The van der Waals surface area contributed by atoms with Crippen molar-refractivity contribution in [2.24, 2.45) is 0 Å². The number of hydrogen-bond donors (Lipinski definition) is 1. The Bertz CT molecular complexity index is 440. The largest absolute Gasteiger partial charge is 0.348 e. The summed E-state index contributed by atoms with van der Waals surface area (Å²) in [7, 11) is 0. The number of amidine groups is 1. The second-order valence-electron chi connectivity index (χ2n) is 3.51. The average Bonchev–Trinajstić information content (AvgIpc) is 2.61. The second kappa shape index (κ2) is 3.97. The molecule has 0 spiro atoms. The molecule has 1 aliphatic rings. The van der Waals surface area contributed by atoms with Crippen LogP contribution in [0.1, 0.15) is 5.56 Å². The van der Waals surface area contributed by atoms with Crippen LogP contribution < -0.4 is 0 Å². The summed E-state index contributed by atoms with van der Waals surface area (Å²) in [5.41, 5.74) is 1.82. The minimum atomic E-state index is 0.426. The monoisotopic (exact) mass is 197 g/mol. The van der Waals surface area contributed by atoms with Gasteiger partial charge in [-0.3, -0.25) is 5.41 Å². The van der Waals surface area contributed by atoms with Crippen LogP contribution >= 0.6 is 0 Å². The molecule has 0 amide bonds. The molecule has 1 heterocycles. The maximum atomic E-state index is 8.73. The molecule has 0 bridgehead atoms. The van der Waals surface area contributed by atoms with Gasteiger partial charge in [-0.15, -0.1) is 0 Å². The summed E-state index contributed by atoms with van der Waals surface area (Å²) in [6.07, 6.45) is 1.63. The Morgan fingerprint density at radius 2 is 2.07 bits per heavy atom. The molecule has 3 nitrogen and oxygen atoms in total. The number of nitrogens with zero attached hydrogens (tertiary/aromatic N) is 2. The third-order valence-corrected chi connectivity index (χ3v) is 2.37. The molecule has 0 radical (unpaired) electrons. The van der Waals surface area contributed by atoms with E-state index in [1.54, 1.807) is 6.08 Å². The lowest BCUT2D eigenvalue weighted by molar-refractivity contribution is 0.463. The van der Waals surface area contributed by atoms with Gasteiger partial charge in [0.25, 0.3) is 0 Å². The molecule has 1 aromatic rings. The molecule has 15 heavy (non-hydrogen) atoms. The van der Waals surface area contributed by atoms with Gasteiger partial charge in [-0.25, -0.2) is 0 Å². The fraction of sp³-hybridized carbons (Fsp3) is 0.167. The molecule has 0 aliphatic carbocycles. The lowest BCUT2D eigenvalue weighted by Gasteiger charge is -2.17. The molecule has 0 saturated heterocycles. The molecule has 0 aromatic heterocycles. The van der Waals surface area contributed by atoms with Gasteiger partial charge in [0.15, 0.2) is 0 Å². The molecule has 1 aromatic carbocycles. The number of rotatable bonds is 2. The standard InChI is InChI=1S/C12H11N3/c13-7-11-6-12(14)15(9-11)8-10-4-2-1-3-5-10/h1-6,14H,8-9H2. The minimum absolute atomic E-state index is 0.426. The van der Waals surface area contributed by atoms with Crippen LogP contribution in [0.5, 0.6) is 0 Å². The molecular formula is C12H11N3. The van der Waals surface area contributed by atoms with Gasteiger partial charge >= 0.3 is 0 Å². The van der Waals surface area contributed by atoms with Crippen molar-refractivity contribution >= 4 is 5.84 Å². The first kappa shape index (κ1) is 9.47. The first-order valence-electron chi connectivity index (χ1n) is 4.77. The summed E-state index contributed by atoms with van der Waals surface area (Å²) < 4.78 is 0. The van der Waals surface area contributed by atoms with Crippen LogP contribution in [0.2, 0.25) is 0 Å². The predicted molar refractivity (Wildman–Crippen MR) is 58.3 cm³/mol. The van der Waals surface area contributed by atoms with Crippen molar-refractivity contribution in [1.82, 2.24) is 4.90 Å². The van der Waals surface area contributed by atoms with Gasteiger partial charge < -0.3 is 4.90 Å². The van der Waals surface area contributed by atoms with Crippen molar-refractivity contribution in [3.8, 4) is 6.07 Å². The molecular weight excluding hydrogens is 186 g/mol. The van der Waals surface area contributed by atoms with Crippen LogP contribution in [0.3, 0.4) is 0 Å². The average molecular weight is 197 g/mol. The zero-order chi connectivity index (χ0) is 10.7. The lowest BCUT2D eigenvalue weighted by Crippen LogP contribution is -2.24. The van der Waals surface area contributed by atoms with Crippen LogP contribution in [0, 0.1) is 16.7 Å². The van der Waals surface area contributed by atoms with Crippen LogP contribution in [0.25, 0.3) is 0 Å². The van der Waals surface area contributed by atoms with E-state index in [2.05, 4.69) is 6.07 Å². The fourth-order valence-electron chi connectivity index (χ4n) is 1.61. The summed E-state index contributed by atoms with van der Waals surface area (Å²) >= 11 is 0. The molecule has 0 unspecified atom stereocenters. The zero-order valence-corrected chi connectivity index (χ0v) is 8.27. The van der Waals surface area contributed by atoms with E-state index in [-0.39, 0.29) is 0 Å². The van der Waals surface area contributed by atoms with Crippen molar-refractivity contribution in [2.45, 2.75) is 6.54 Å². The Morgan fingerprint density at radius 3 is 2.67 bits per heavy atom. The SMILES string of the molecule is N#CC1=CC(=N)N(Cc2ccccc2)C1.